The van der Waals surface area contributed by atoms with Crippen LogP contribution in [0, 0.1) is 0 Å². The summed E-state index contributed by atoms with van der Waals surface area (Å²) in [6.07, 6.45) is 1.18. The van der Waals surface area contributed by atoms with Gasteiger partial charge in [0.2, 0.25) is 6.10 Å². The van der Waals surface area contributed by atoms with Crippen molar-refractivity contribution in [1.82, 2.24) is 9.78 Å². The molecule has 1 aromatic heterocycles. The van der Waals surface area contributed by atoms with Gasteiger partial charge in [0.1, 0.15) is 0 Å². The Morgan fingerprint density at radius 3 is 2.95 bits per heavy atom. The molecule has 0 aromatic carbocycles. The van der Waals surface area contributed by atoms with E-state index in [2.05, 4.69) is 5.10 Å². The Hall–Kier alpha value is -2.18. The van der Waals surface area contributed by atoms with Crippen LogP contribution in [0.5, 0.6) is 0 Å². The third-order valence-corrected chi connectivity index (χ3v) is 2.94. The first-order valence-electron chi connectivity index (χ1n) is 6.57. The minimum absolute atomic E-state index is 0.0143. The number of carbonyl (C=O) groups is 2. The van der Waals surface area contributed by atoms with Crippen LogP contribution in [0.4, 0.5) is 0 Å². The number of nitrogens with zero attached hydrogens (tertiary/aromatic N) is 2. The van der Waals surface area contributed by atoms with Crippen molar-refractivity contribution >= 4 is 11.9 Å². The van der Waals surface area contributed by atoms with Gasteiger partial charge in [-0.3, -0.25) is 4.79 Å². The number of hydrogen-bond donors (Lipinski definition) is 0. The summed E-state index contributed by atoms with van der Waals surface area (Å²) in [5.74, 6) is -1.27. The first-order chi connectivity index (χ1) is 9.61. The summed E-state index contributed by atoms with van der Waals surface area (Å²) in [4.78, 5) is 34.7. The fourth-order valence-corrected chi connectivity index (χ4v) is 1.80. The summed E-state index contributed by atoms with van der Waals surface area (Å²) < 4.78 is 11.0. The highest BCUT2D eigenvalue weighted by Crippen LogP contribution is 2.12. The molecule has 1 aromatic rings. The highest BCUT2D eigenvalue weighted by molar-refractivity contribution is 5.89. The summed E-state index contributed by atoms with van der Waals surface area (Å²) in [6.45, 7) is 2.69. The highest BCUT2D eigenvalue weighted by Gasteiger charge is 2.31. The molecule has 0 aliphatic carbocycles. The van der Waals surface area contributed by atoms with E-state index >= 15 is 0 Å². The van der Waals surface area contributed by atoms with E-state index < -0.39 is 18.0 Å². The Morgan fingerprint density at radius 1 is 1.50 bits per heavy atom. The minimum Gasteiger partial charge on any atom is -0.463 e. The average molecular weight is 280 g/mol. The normalized spacial score (nSPS) is 17.9. The first kappa shape index (κ1) is 14.2. The number of ether oxygens (including phenoxy) is 2. The Morgan fingerprint density at radius 2 is 2.30 bits per heavy atom. The lowest BCUT2D eigenvalue weighted by Gasteiger charge is -2.09. The van der Waals surface area contributed by atoms with Crippen LogP contribution in [-0.4, -0.2) is 34.4 Å². The van der Waals surface area contributed by atoms with Crippen LogP contribution < -0.4 is 5.56 Å². The SMILES string of the molecule is CCCCn1nc(C(=O)O[C@@H]2CCOC2=O)ccc1=O. The number of aryl methyl sites for hydroxylation is 1. The number of rotatable bonds is 5. The minimum atomic E-state index is -0.875. The number of unbranched alkanes of at least 4 members (excludes halogenated alkanes) is 1. The molecule has 108 valence electrons. The fraction of sp³-hybridized carbons (Fsp3) is 0.538. The van der Waals surface area contributed by atoms with Crippen molar-refractivity contribution in [2.75, 3.05) is 6.61 Å². The van der Waals surface area contributed by atoms with Gasteiger partial charge >= 0.3 is 11.9 Å². The molecular formula is C13H16N2O5. The Balaban J connectivity index is 2.09. The molecule has 1 aliphatic rings. The maximum atomic E-state index is 11.9. The van der Waals surface area contributed by atoms with Gasteiger partial charge in [0, 0.05) is 19.0 Å². The molecule has 7 heteroatoms. The van der Waals surface area contributed by atoms with Crippen molar-refractivity contribution < 1.29 is 19.1 Å². The second kappa shape index (κ2) is 6.31. The highest BCUT2D eigenvalue weighted by atomic mass is 16.6. The Kier molecular flexibility index (Phi) is 4.49. The van der Waals surface area contributed by atoms with E-state index in [-0.39, 0.29) is 17.9 Å². The summed E-state index contributed by atoms with van der Waals surface area (Å²) >= 11 is 0. The van der Waals surface area contributed by atoms with Crippen LogP contribution in [-0.2, 0) is 20.8 Å². The molecule has 1 fully saturated rings. The van der Waals surface area contributed by atoms with Gasteiger partial charge < -0.3 is 9.47 Å². The lowest BCUT2D eigenvalue weighted by atomic mass is 10.3. The van der Waals surface area contributed by atoms with Crippen LogP contribution in [0.3, 0.4) is 0 Å². The zero-order valence-electron chi connectivity index (χ0n) is 11.2. The molecule has 2 rings (SSSR count). The number of esters is 2. The molecule has 0 saturated carbocycles. The van der Waals surface area contributed by atoms with Crippen LogP contribution in [0.1, 0.15) is 36.7 Å². The quantitative estimate of drug-likeness (QED) is 0.730. The lowest BCUT2D eigenvalue weighted by Crippen LogP contribution is -2.27. The predicted octanol–water partition coefficient (Wildman–Crippen LogP) is 0.516. The van der Waals surface area contributed by atoms with Gasteiger partial charge in [-0.25, -0.2) is 14.3 Å². The second-order valence-electron chi connectivity index (χ2n) is 4.48. The van der Waals surface area contributed by atoms with E-state index in [9.17, 15) is 14.4 Å². The maximum absolute atomic E-state index is 11.9. The van der Waals surface area contributed by atoms with Gasteiger partial charge in [0.25, 0.3) is 5.56 Å². The Labute approximate surface area is 115 Å². The first-order valence-corrected chi connectivity index (χ1v) is 6.57. The topological polar surface area (TPSA) is 87.5 Å². The molecule has 1 saturated heterocycles. The zero-order valence-corrected chi connectivity index (χ0v) is 11.2. The van der Waals surface area contributed by atoms with E-state index in [1.165, 1.54) is 16.8 Å². The monoisotopic (exact) mass is 280 g/mol. The van der Waals surface area contributed by atoms with Crippen LogP contribution in [0.15, 0.2) is 16.9 Å². The van der Waals surface area contributed by atoms with E-state index in [1.807, 2.05) is 6.92 Å². The van der Waals surface area contributed by atoms with Gasteiger partial charge in [-0.1, -0.05) is 13.3 Å². The standard InChI is InChI=1S/C13H16N2O5/c1-2-3-7-15-11(16)5-4-9(14-15)12(17)20-10-6-8-19-13(10)18/h4-5,10H,2-3,6-8H2,1H3/t10-/m1/s1. The van der Waals surface area contributed by atoms with E-state index in [4.69, 9.17) is 9.47 Å². The third-order valence-electron chi connectivity index (χ3n) is 2.94. The molecule has 2 heterocycles. The van der Waals surface area contributed by atoms with E-state index in [0.717, 1.165) is 12.8 Å². The van der Waals surface area contributed by atoms with Crippen molar-refractivity contribution in [1.29, 1.82) is 0 Å². The van der Waals surface area contributed by atoms with Gasteiger partial charge in [-0.15, -0.1) is 0 Å². The zero-order chi connectivity index (χ0) is 14.5. The smallest absolute Gasteiger partial charge is 0.359 e. The van der Waals surface area contributed by atoms with Crippen molar-refractivity contribution in [2.45, 2.75) is 38.8 Å². The molecule has 0 spiro atoms. The summed E-state index contributed by atoms with van der Waals surface area (Å²) in [6, 6.07) is 2.57. The van der Waals surface area contributed by atoms with Crippen molar-refractivity contribution in [3.8, 4) is 0 Å². The molecule has 0 N–H and O–H groups in total. The molecule has 0 radical (unpaired) electrons. The third kappa shape index (κ3) is 3.23. The van der Waals surface area contributed by atoms with Crippen molar-refractivity contribution in [3.05, 3.63) is 28.2 Å². The molecule has 20 heavy (non-hydrogen) atoms. The maximum Gasteiger partial charge on any atom is 0.359 e. The molecule has 7 nitrogen and oxygen atoms in total. The number of carbonyl (C=O) groups excluding carboxylic acids is 2. The molecule has 1 aliphatic heterocycles. The molecular weight excluding hydrogens is 264 g/mol. The molecule has 0 amide bonds. The van der Waals surface area contributed by atoms with E-state index in [0.29, 0.717) is 13.0 Å². The van der Waals surface area contributed by atoms with Gasteiger partial charge in [0.15, 0.2) is 5.69 Å². The summed E-state index contributed by atoms with van der Waals surface area (Å²) in [5, 5.41) is 3.95. The van der Waals surface area contributed by atoms with E-state index in [1.54, 1.807) is 0 Å². The number of hydrogen-bond acceptors (Lipinski definition) is 6. The van der Waals surface area contributed by atoms with Crippen molar-refractivity contribution in [2.24, 2.45) is 0 Å². The lowest BCUT2D eigenvalue weighted by molar-refractivity contribution is -0.145. The van der Waals surface area contributed by atoms with Gasteiger partial charge in [0.05, 0.1) is 6.61 Å². The van der Waals surface area contributed by atoms with Gasteiger partial charge in [-0.2, -0.15) is 5.10 Å². The second-order valence-corrected chi connectivity index (χ2v) is 4.48. The summed E-state index contributed by atoms with van der Waals surface area (Å²) in [7, 11) is 0. The fourth-order valence-electron chi connectivity index (χ4n) is 1.80. The van der Waals surface area contributed by atoms with Gasteiger partial charge in [-0.05, 0) is 12.5 Å². The molecule has 1 atom stereocenters. The Bertz CT molecular complexity index is 566. The van der Waals surface area contributed by atoms with Crippen molar-refractivity contribution in [3.63, 3.8) is 0 Å². The van der Waals surface area contributed by atoms with Crippen LogP contribution in [0.2, 0.25) is 0 Å². The number of cyclic esters (lactones) is 1. The molecule has 0 unspecified atom stereocenters. The summed E-state index contributed by atoms with van der Waals surface area (Å²) in [5.41, 5.74) is -0.254. The van der Waals surface area contributed by atoms with Crippen LogP contribution in [0.25, 0.3) is 0 Å². The molecule has 0 bridgehead atoms. The predicted molar refractivity (Wildman–Crippen MR) is 68.2 cm³/mol. The largest absolute Gasteiger partial charge is 0.463 e. The number of aromatic nitrogens is 2. The average Bonchev–Trinajstić information content (AvgIpc) is 2.83. The van der Waals surface area contributed by atoms with Crippen LogP contribution >= 0.6 is 0 Å².